The SMILES string of the molecule is Cc1nnc(-c2c(CCc3ccc(F)cc3)nc(CC(C)C)c(C(N)=O)c2-c2ccc(C(=O)O)s2)o1. The third kappa shape index (κ3) is 5.33. The molecule has 10 heteroatoms. The number of primary amides is 1. The van der Waals surface area contributed by atoms with Gasteiger partial charge in [0.15, 0.2) is 0 Å². The smallest absolute Gasteiger partial charge is 0.345 e. The molecule has 186 valence electrons. The second kappa shape index (κ2) is 10.4. The number of carboxylic acid groups (broad SMARTS) is 1. The fourth-order valence-electron chi connectivity index (χ4n) is 4.04. The number of thiophene rings is 1. The lowest BCUT2D eigenvalue weighted by atomic mass is 9.91. The van der Waals surface area contributed by atoms with Crippen molar-refractivity contribution in [3.8, 4) is 21.9 Å². The van der Waals surface area contributed by atoms with Gasteiger partial charge < -0.3 is 15.3 Å². The quantitative estimate of drug-likeness (QED) is 0.322. The Morgan fingerprint density at radius 3 is 2.33 bits per heavy atom. The minimum Gasteiger partial charge on any atom is -0.477 e. The van der Waals surface area contributed by atoms with E-state index in [2.05, 4.69) is 10.2 Å². The highest BCUT2D eigenvalue weighted by molar-refractivity contribution is 7.17. The average Bonchev–Trinajstić information content (AvgIpc) is 3.47. The van der Waals surface area contributed by atoms with Crippen LogP contribution in [0.1, 0.15) is 56.7 Å². The van der Waals surface area contributed by atoms with Gasteiger partial charge in [-0.2, -0.15) is 0 Å². The van der Waals surface area contributed by atoms with E-state index in [-0.39, 0.29) is 28.1 Å². The Bertz CT molecular complexity index is 1430. The molecule has 4 aromatic rings. The Hall–Kier alpha value is -3.92. The summed E-state index contributed by atoms with van der Waals surface area (Å²) in [5.74, 6) is -1.42. The summed E-state index contributed by atoms with van der Waals surface area (Å²) in [7, 11) is 0. The van der Waals surface area contributed by atoms with Crippen LogP contribution in [0.3, 0.4) is 0 Å². The van der Waals surface area contributed by atoms with E-state index in [1.54, 1.807) is 25.1 Å². The second-order valence-corrected chi connectivity index (χ2v) is 9.90. The van der Waals surface area contributed by atoms with E-state index in [1.165, 1.54) is 18.2 Å². The third-order valence-corrected chi connectivity index (χ3v) is 6.65. The number of nitrogens with zero attached hydrogens (tertiary/aromatic N) is 3. The molecule has 0 saturated carbocycles. The van der Waals surface area contributed by atoms with Gasteiger partial charge in [-0.05, 0) is 55.0 Å². The lowest BCUT2D eigenvalue weighted by molar-refractivity contribution is 0.0702. The summed E-state index contributed by atoms with van der Waals surface area (Å²) in [6.45, 7) is 5.66. The number of amides is 1. The van der Waals surface area contributed by atoms with Crippen LogP contribution in [-0.4, -0.2) is 32.2 Å². The number of carbonyl (C=O) groups excluding carboxylic acids is 1. The maximum atomic E-state index is 13.4. The number of hydrogen-bond acceptors (Lipinski definition) is 7. The highest BCUT2D eigenvalue weighted by Gasteiger charge is 2.29. The van der Waals surface area contributed by atoms with Crippen LogP contribution in [0.15, 0.2) is 40.8 Å². The van der Waals surface area contributed by atoms with Crippen molar-refractivity contribution in [2.75, 3.05) is 0 Å². The van der Waals surface area contributed by atoms with E-state index in [1.807, 2.05) is 13.8 Å². The number of aromatic carboxylic acids is 1. The minimum atomic E-state index is -1.07. The summed E-state index contributed by atoms with van der Waals surface area (Å²) in [6, 6.07) is 9.34. The van der Waals surface area contributed by atoms with Gasteiger partial charge in [0.05, 0.1) is 22.5 Å². The monoisotopic (exact) mass is 508 g/mol. The van der Waals surface area contributed by atoms with Gasteiger partial charge in [-0.1, -0.05) is 26.0 Å². The molecule has 1 aromatic carbocycles. The molecule has 0 radical (unpaired) electrons. The number of aryl methyl sites for hydroxylation is 3. The number of nitrogens with two attached hydrogens (primary N) is 1. The lowest BCUT2D eigenvalue weighted by Crippen LogP contribution is -2.20. The van der Waals surface area contributed by atoms with Crippen molar-refractivity contribution in [2.24, 2.45) is 11.7 Å². The maximum Gasteiger partial charge on any atom is 0.345 e. The van der Waals surface area contributed by atoms with Crippen molar-refractivity contribution in [1.82, 2.24) is 15.2 Å². The Kier molecular flexibility index (Phi) is 7.25. The Balaban J connectivity index is 1.99. The molecule has 4 rings (SSSR count). The first-order valence-corrected chi connectivity index (χ1v) is 12.2. The number of carbonyl (C=O) groups is 2. The molecule has 3 heterocycles. The summed E-state index contributed by atoms with van der Waals surface area (Å²) in [5.41, 5.74) is 8.99. The summed E-state index contributed by atoms with van der Waals surface area (Å²) >= 11 is 1.03. The molecule has 0 unspecified atom stereocenters. The zero-order valence-corrected chi connectivity index (χ0v) is 20.9. The van der Waals surface area contributed by atoms with Gasteiger partial charge in [0, 0.05) is 17.4 Å². The van der Waals surface area contributed by atoms with Gasteiger partial charge in [0.25, 0.3) is 5.91 Å². The van der Waals surface area contributed by atoms with Crippen LogP contribution in [0, 0.1) is 18.7 Å². The molecule has 0 atom stereocenters. The predicted molar refractivity (Wildman–Crippen MR) is 133 cm³/mol. The van der Waals surface area contributed by atoms with Gasteiger partial charge in [0.1, 0.15) is 10.7 Å². The molecular formula is C26H25FN4O4S. The second-order valence-electron chi connectivity index (χ2n) is 8.81. The van der Waals surface area contributed by atoms with Gasteiger partial charge in [-0.15, -0.1) is 21.5 Å². The Morgan fingerprint density at radius 2 is 1.78 bits per heavy atom. The van der Waals surface area contributed by atoms with Gasteiger partial charge in [-0.25, -0.2) is 9.18 Å². The first kappa shape index (κ1) is 25.2. The summed E-state index contributed by atoms with van der Waals surface area (Å²) in [5, 5.41) is 17.7. The largest absolute Gasteiger partial charge is 0.477 e. The van der Waals surface area contributed by atoms with E-state index in [4.69, 9.17) is 15.1 Å². The van der Waals surface area contributed by atoms with Crippen molar-refractivity contribution < 1.29 is 23.5 Å². The zero-order valence-electron chi connectivity index (χ0n) is 20.0. The Morgan fingerprint density at radius 1 is 1.06 bits per heavy atom. The van der Waals surface area contributed by atoms with E-state index in [9.17, 15) is 19.1 Å². The number of carboxylic acids is 1. The summed E-state index contributed by atoms with van der Waals surface area (Å²) in [6.07, 6.45) is 1.44. The number of hydrogen-bond donors (Lipinski definition) is 2. The predicted octanol–water partition coefficient (Wildman–Crippen LogP) is 5.09. The van der Waals surface area contributed by atoms with Crippen molar-refractivity contribution in [3.05, 3.63) is 75.5 Å². The Labute approximate surface area is 211 Å². The molecule has 8 nitrogen and oxygen atoms in total. The van der Waals surface area contributed by atoms with Crippen molar-refractivity contribution >= 4 is 23.2 Å². The van der Waals surface area contributed by atoms with Gasteiger partial charge >= 0.3 is 5.97 Å². The van der Waals surface area contributed by atoms with Crippen LogP contribution in [-0.2, 0) is 19.3 Å². The molecular weight excluding hydrogens is 483 g/mol. The van der Waals surface area contributed by atoms with E-state index < -0.39 is 11.9 Å². The standard InChI is InChI=1S/C26H25FN4O4S/c1-13(2)12-18-21(24(28)32)23(19-10-11-20(36-19)26(33)34)22(25-31-30-14(3)35-25)17(29-18)9-6-15-4-7-16(27)8-5-15/h4-5,7-8,10-11,13H,6,9,12H2,1-3H3,(H2,28,32)(H,33,34). The summed E-state index contributed by atoms with van der Waals surface area (Å²) in [4.78, 5) is 30.0. The fraction of sp³-hybridized carbons (Fsp3) is 0.269. The molecule has 36 heavy (non-hydrogen) atoms. The molecule has 1 amide bonds. The van der Waals surface area contributed by atoms with Crippen LogP contribution < -0.4 is 5.73 Å². The molecule has 0 saturated heterocycles. The maximum absolute atomic E-state index is 13.4. The topological polar surface area (TPSA) is 132 Å². The first-order valence-electron chi connectivity index (χ1n) is 11.4. The van der Waals surface area contributed by atoms with Crippen LogP contribution in [0.2, 0.25) is 0 Å². The normalized spacial score (nSPS) is 11.2. The van der Waals surface area contributed by atoms with Crippen LogP contribution in [0.25, 0.3) is 21.9 Å². The number of rotatable bonds is 9. The highest BCUT2D eigenvalue weighted by Crippen LogP contribution is 2.41. The first-order chi connectivity index (χ1) is 17.1. The summed E-state index contributed by atoms with van der Waals surface area (Å²) < 4.78 is 19.2. The molecule has 0 aliphatic heterocycles. The molecule has 0 aliphatic rings. The van der Waals surface area contributed by atoms with E-state index in [0.29, 0.717) is 52.5 Å². The average molecular weight is 509 g/mol. The van der Waals surface area contributed by atoms with Crippen LogP contribution in [0.5, 0.6) is 0 Å². The number of aromatic nitrogens is 3. The molecule has 0 bridgehead atoms. The minimum absolute atomic E-state index is 0.114. The molecule has 0 aliphatic carbocycles. The lowest BCUT2D eigenvalue weighted by Gasteiger charge is -2.19. The highest BCUT2D eigenvalue weighted by atomic mass is 32.1. The zero-order chi connectivity index (χ0) is 26.0. The van der Waals surface area contributed by atoms with Gasteiger partial charge in [0.2, 0.25) is 11.8 Å². The molecule has 0 fully saturated rings. The van der Waals surface area contributed by atoms with Crippen LogP contribution in [0.4, 0.5) is 4.39 Å². The number of halogens is 1. The van der Waals surface area contributed by atoms with E-state index in [0.717, 1.165) is 16.9 Å². The van der Waals surface area contributed by atoms with Crippen molar-refractivity contribution in [2.45, 2.75) is 40.0 Å². The van der Waals surface area contributed by atoms with Crippen LogP contribution >= 0.6 is 11.3 Å². The van der Waals surface area contributed by atoms with Crippen molar-refractivity contribution in [1.29, 1.82) is 0 Å². The van der Waals surface area contributed by atoms with Gasteiger partial charge in [-0.3, -0.25) is 9.78 Å². The fourth-order valence-corrected chi connectivity index (χ4v) is 4.95. The third-order valence-electron chi connectivity index (χ3n) is 5.56. The molecule has 3 N–H and O–H groups in total. The number of pyridine rings is 1. The van der Waals surface area contributed by atoms with E-state index >= 15 is 0 Å². The molecule has 0 spiro atoms. The molecule has 3 aromatic heterocycles. The van der Waals surface area contributed by atoms with Crippen molar-refractivity contribution in [3.63, 3.8) is 0 Å². The number of benzene rings is 1.